The van der Waals surface area contributed by atoms with Gasteiger partial charge in [0.15, 0.2) is 0 Å². The number of aromatic nitrogens is 1. The molecule has 0 radical (unpaired) electrons. The van der Waals surface area contributed by atoms with E-state index in [9.17, 15) is 0 Å². The van der Waals surface area contributed by atoms with Crippen molar-refractivity contribution in [2.24, 2.45) is 0 Å². The number of allylic oxidation sites excluding steroid dienone is 2. The Morgan fingerprint density at radius 2 is 0.962 bits per heavy atom. The molecule has 8 aromatic rings. The van der Waals surface area contributed by atoms with Crippen LogP contribution in [-0.4, -0.2) is 4.57 Å². The number of rotatable bonds is 9. The minimum atomic E-state index is 1.11. The molecule has 8 rings (SSSR count). The van der Waals surface area contributed by atoms with E-state index >= 15 is 0 Å². The molecule has 7 aromatic carbocycles. The average molecular weight is 669 g/mol. The van der Waals surface area contributed by atoms with Gasteiger partial charge in [-0.2, -0.15) is 0 Å². The van der Waals surface area contributed by atoms with Gasteiger partial charge in [-0.3, -0.25) is 0 Å². The van der Waals surface area contributed by atoms with Gasteiger partial charge in [0, 0.05) is 39.4 Å². The smallest absolute Gasteiger partial charge is 0.0537 e. The maximum Gasteiger partial charge on any atom is 0.0537 e. The van der Waals surface area contributed by atoms with Crippen molar-refractivity contribution in [3.8, 4) is 39.1 Å². The van der Waals surface area contributed by atoms with Crippen molar-refractivity contribution in [2.75, 3.05) is 4.90 Å². The molecule has 1 aromatic heterocycles. The van der Waals surface area contributed by atoms with E-state index in [4.69, 9.17) is 0 Å². The third-order valence-corrected chi connectivity index (χ3v) is 9.88. The molecule has 0 aliphatic heterocycles. The van der Waals surface area contributed by atoms with E-state index in [-0.39, 0.29) is 0 Å². The van der Waals surface area contributed by atoms with Gasteiger partial charge in [-0.15, -0.1) is 0 Å². The molecule has 0 aliphatic carbocycles. The van der Waals surface area contributed by atoms with E-state index in [1.807, 2.05) is 12.2 Å². The molecule has 0 fully saturated rings. The van der Waals surface area contributed by atoms with Crippen LogP contribution in [0, 0.1) is 13.8 Å². The zero-order valence-corrected chi connectivity index (χ0v) is 29.6. The highest BCUT2D eigenvalue weighted by Gasteiger charge is 2.16. The Morgan fingerprint density at radius 1 is 0.481 bits per heavy atom. The standard InChI is InChI=1S/C50H40N2/c1-4-5-15-46-37(3)51(50-19-12-11-18-49(46)50)42-32-24-40(25-33-42)47-16-9-10-17-48(47)41-26-34-45(35-27-41)52(43-28-20-36(2)21-29-43)44-30-22-39(23-31-44)38-13-7-6-8-14-38/h4-35H,1H2,2-3H3/b15-5-. The minimum Gasteiger partial charge on any atom is -0.313 e. The Kier molecular flexibility index (Phi) is 8.96. The van der Waals surface area contributed by atoms with Crippen LogP contribution < -0.4 is 4.90 Å². The molecule has 0 N–H and O–H groups in total. The van der Waals surface area contributed by atoms with Crippen molar-refractivity contribution in [1.29, 1.82) is 0 Å². The van der Waals surface area contributed by atoms with Gasteiger partial charge in [0.2, 0.25) is 0 Å². The maximum atomic E-state index is 3.87. The average Bonchev–Trinajstić information content (AvgIpc) is 3.49. The van der Waals surface area contributed by atoms with Gasteiger partial charge in [0.05, 0.1) is 5.52 Å². The van der Waals surface area contributed by atoms with Crippen molar-refractivity contribution in [1.82, 2.24) is 4.57 Å². The van der Waals surface area contributed by atoms with Crippen molar-refractivity contribution < 1.29 is 0 Å². The molecular formula is C50H40N2. The van der Waals surface area contributed by atoms with Crippen LogP contribution in [0.4, 0.5) is 17.1 Å². The molecule has 1 heterocycles. The molecule has 0 spiro atoms. The summed E-state index contributed by atoms with van der Waals surface area (Å²) in [6.45, 7) is 8.19. The molecule has 2 nitrogen and oxygen atoms in total. The highest BCUT2D eigenvalue weighted by atomic mass is 15.1. The Labute approximate surface area is 306 Å². The largest absolute Gasteiger partial charge is 0.313 e. The van der Waals surface area contributed by atoms with Crippen LogP contribution >= 0.6 is 0 Å². The van der Waals surface area contributed by atoms with E-state index in [2.05, 4.69) is 212 Å². The topological polar surface area (TPSA) is 8.17 Å². The van der Waals surface area contributed by atoms with Crippen LogP contribution in [0.2, 0.25) is 0 Å². The van der Waals surface area contributed by atoms with Gasteiger partial charge >= 0.3 is 0 Å². The van der Waals surface area contributed by atoms with Gasteiger partial charge in [0.1, 0.15) is 0 Å². The van der Waals surface area contributed by atoms with Gasteiger partial charge in [-0.25, -0.2) is 0 Å². The number of benzene rings is 7. The van der Waals surface area contributed by atoms with Crippen LogP contribution in [0.25, 0.3) is 56.0 Å². The fourth-order valence-electron chi connectivity index (χ4n) is 7.24. The molecule has 0 saturated heterocycles. The van der Waals surface area contributed by atoms with Crippen molar-refractivity contribution >= 4 is 34.0 Å². The summed E-state index contributed by atoms with van der Waals surface area (Å²) in [5, 5.41) is 1.24. The third kappa shape index (κ3) is 6.27. The summed E-state index contributed by atoms with van der Waals surface area (Å²) in [5.41, 5.74) is 16.6. The lowest BCUT2D eigenvalue weighted by atomic mass is 9.94. The van der Waals surface area contributed by atoms with Crippen molar-refractivity contribution in [3.63, 3.8) is 0 Å². The van der Waals surface area contributed by atoms with E-state index in [0.717, 1.165) is 22.7 Å². The molecule has 0 aliphatic rings. The molecule has 0 saturated carbocycles. The van der Waals surface area contributed by atoms with Gasteiger partial charge < -0.3 is 9.47 Å². The summed E-state index contributed by atoms with van der Waals surface area (Å²) >= 11 is 0. The number of nitrogens with zero attached hydrogens (tertiary/aromatic N) is 2. The summed E-state index contributed by atoms with van der Waals surface area (Å²) in [7, 11) is 0. The first-order chi connectivity index (χ1) is 25.6. The van der Waals surface area contributed by atoms with Crippen molar-refractivity contribution in [2.45, 2.75) is 13.8 Å². The molecule has 2 heteroatoms. The molecule has 52 heavy (non-hydrogen) atoms. The summed E-state index contributed by atoms with van der Waals surface area (Å²) in [4.78, 5) is 2.33. The second kappa shape index (κ2) is 14.3. The fraction of sp³-hybridized carbons (Fsp3) is 0.0400. The first kappa shape index (κ1) is 32.6. The minimum absolute atomic E-state index is 1.11. The molecule has 0 amide bonds. The highest BCUT2D eigenvalue weighted by molar-refractivity contribution is 5.93. The lowest BCUT2D eigenvalue weighted by Gasteiger charge is -2.26. The van der Waals surface area contributed by atoms with E-state index in [1.54, 1.807) is 0 Å². The Morgan fingerprint density at radius 3 is 1.56 bits per heavy atom. The van der Waals surface area contributed by atoms with Crippen molar-refractivity contribution in [3.05, 3.63) is 211 Å². The molecular weight excluding hydrogens is 629 g/mol. The van der Waals surface area contributed by atoms with Gasteiger partial charge in [-0.1, -0.05) is 152 Å². The number of fused-ring (bicyclic) bond motifs is 1. The number of hydrogen-bond acceptors (Lipinski definition) is 1. The van der Waals surface area contributed by atoms with Crippen LogP contribution in [0.15, 0.2) is 195 Å². The van der Waals surface area contributed by atoms with E-state index in [0.29, 0.717) is 0 Å². The molecule has 0 bridgehead atoms. The predicted octanol–water partition coefficient (Wildman–Crippen LogP) is 13.9. The number of anilines is 3. The quantitative estimate of drug-likeness (QED) is 0.139. The lowest BCUT2D eigenvalue weighted by molar-refractivity contribution is 1.05. The Bertz CT molecular complexity index is 2500. The summed E-state index contributed by atoms with van der Waals surface area (Å²) < 4.78 is 2.35. The number of para-hydroxylation sites is 1. The second-order valence-electron chi connectivity index (χ2n) is 13.2. The fourth-order valence-corrected chi connectivity index (χ4v) is 7.24. The van der Waals surface area contributed by atoms with Crippen LogP contribution in [0.5, 0.6) is 0 Å². The zero-order valence-electron chi connectivity index (χ0n) is 29.6. The summed E-state index contributed by atoms with van der Waals surface area (Å²) in [5.74, 6) is 0. The normalized spacial score (nSPS) is 11.3. The van der Waals surface area contributed by atoms with Crippen LogP contribution in [-0.2, 0) is 0 Å². The second-order valence-corrected chi connectivity index (χ2v) is 13.2. The monoisotopic (exact) mass is 668 g/mol. The summed E-state index contributed by atoms with van der Waals surface area (Å²) in [6, 6.07) is 63.3. The number of hydrogen-bond donors (Lipinski definition) is 0. The van der Waals surface area contributed by atoms with Crippen LogP contribution in [0.1, 0.15) is 16.8 Å². The van der Waals surface area contributed by atoms with Gasteiger partial charge in [-0.05, 0) is 102 Å². The zero-order chi connectivity index (χ0) is 35.4. The van der Waals surface area contributed by atoms with E-state index < -0.39 is 0 Å². The molecule has 0 unspecified atom stereocenters. The van der Waals surface area contributed by atoms with Crippen LogP contribution in [0.3, 0.4) is 0 Å². The molecule has 0 atom stereocenters. The Hall–Kier alpha value is -6.64. The highest BCUT2D eigenvalue weighted by Crippen LogP contribution is 2.39. The third-order valence-electron chi connectivity index (χ3n) is 9.88. The lowest BCUT2D eigenvalue weighted by Crippen LogP contribution is -2.09. The maximum absolute atomic E-state index is 3.87. The SMILES string of the molecule is C=C/C=C\c1c(C)n(-c2ccc(-c3ccccc3-c3ccc(N(c4ccc(C)cc4)c4ccc(-c5ccccc5)cc4)cc3)cc2)c2ccccc12. The number of aryl methyl sites for hydroxylation is 1. The van der Waals surface area contributed by atoms with E-state index in [1.165, 1.54) is 61.1 Å². The Balaban J connectivity index is 1.12. The van der Waals surface area contributed by atoms with Gasteiger partial charge in [0.25, 0.3) is 0 Å². The first-order valence-electron chi connectivity index (χ1n) is 17.8. The first-order valence-corrected chi connectivity index (χ1v) is 17.8. The predicted molar refractivity (Wildman–Crippen MR) is 223 cm³/mol. The molecule has 250 valence electrons. The summed E-state index contributed by atoms with van der Waals surface area (Å²) in [6.07, 6.45) is 5.99.